The average Bonchev–Trinajstić information content (AvgIpc) is 1.99. The van der Waals surface area contributed by atoms with Gasteiger partial charge in [-0.3, -0.25) is 0 Å². The maximum absolute atomic E-state index is 10.9. The molecule has 0 N–H and O–H groups in total. The molecule has 0 bridgehead atoms. The van der Waals surface area contributed by atoms with Crippen LogP contribution in [0.4, 0.5) is 0 Å². The van der Waals surface area contributed by atoms with Crippen molar-refractivity contribution in [3.05, 3.63) is 0 Å². The topological polar surface area (TPSA) is 34.1 Å². The van der Waals surface area contributed by atoms with Crippen molar-refractivity contribution in [2.24, 2.45) is 5.92 Å². The van der Waals surface area contributed by atoms with Crippen LogP contribution in [0.25, 0.3) is 0 Å². The van der Waals surface area contributed by atoms with Gasteiger partial charge in [0.1, 0.15) is 0 Å². The van der Waals surface area contributed by atoms with Crippen LogP contribution >= 0.6 is 0 Å². The third kappa shape index (κ3) is 4.33. The number of rotatable bonds is 5. The fourth-order valence-electron chi connectivity index (χ4n) is 0.756. The molecule has 0 fully saturated rings. The van der Waals surface area contributed by atoms with Gasteiger partial charge in [-0.1, -0.05) is 0 Å². The number of hydrogen-bond acceptors (Lipinski definition) is 2. The van der Waals surface area contributed by atoms with Crippen molar-refractivity contribution < 1.29 is 9.59 Å². The second-order valence-corrected chi connectivity index (χ2v) is 3.35. The summed E-state index contributed by atoms with van der Waals surface area (Å²) < 4.78 is 0. The van der Waals surface area contributed by atoms with Crippen LogP contribution in [0.5, 0.6) is 0 Å². The Labute approximate surface area is 75.6 Å². The van der Waals surface area contributed by atoms with Gasteiger partial charge < -0.3 is 0 Å². The summed E-state index contributed by atoms with van der Waals surface area (Å²) in [5.74, 6) is 0.228. The van der Waals surface area contributed by atoms with E-state index in [0.717, 1.165) is 0 Å². The quantitative estimate of drug-likeness (QED) is 0.646. The van der Waals surface area contributed by atoms with Crippen LogP contribution in [0.2, 0.25) is 5.32 Å². The molecule has 0 heterocycles. The summed E-state index contributed by atoms with van der Waals surface area (Å²) in [6, 6.07) is 0. The standard InChI is InChI=1S/C8H14O2Se/c1-3-8(10)4-7(5-11)6(2)9/h7,11H,3-5H2,1-2H3. The number of carbonyl (C=O) groups excluding carboxylic acids is 2. The van der Waals surface area contributed by atoms with Crippen molar-refractivity contribution >= 4 is 27.6 Å². The van der Waals surface area contributed by atoms with Gasteiger partial charge in [-0.15, -0.1) is 0 Å². The summed E-state index contributed by atoms with van der Waals surface area (Å²) >= 11 is 2.36. The second-order valence-electron chi connectivity index (χ2n) is 2.59. The number of Topliss-reactive ketones (excluding diaryl/α,β-unsaturated/α-hetero) is 2. The van der Waals surface area contributed by atoms with Crippen LogP contribution in [0.1, 0.15) is 26.7 Å². The van der Waals surface area contributed by atoms with Crippen LogP contribution in [0.15, 0.2) is 0 Å². The maximum atomic E-state index is 10.9. The Balaban J connectivity index is 3.88. The molecular formula is C8H14O2Se. The van der Waals surface area contributed by atoms with Gasteiger partial charge in [0.05, 0.1) is 0 Å². The average molecular weight is 221 g/mol. The Morgan fingerprint density at radius 1 is 1.45 bits per heavy atom. The summed E-state index contributed by atoms with van der Waals surface area (Å²) in [4.78, 5) is 21.8. The van der Waals surface area contributed by atoms with E-state index in [1.54, 1.807) is 6.92 Å². The SMILES string of the molecule is CCC(=O)CC(C[SeH])C(C)=O. The molecule has 0 amide bonds. The fourth-order valence-corrected chi connectivity index (χ4v) is 1.57. The Kier molecular flexibility index (Phi) is 5.43. The van der Waals surface area contributed by atoms with Gasteiger partial charge in [-0.05, 0) is 0 Å². The van der Waals surface area contributed by atoms with Crippen molar-refractivity contribution in [3.8, 4) is 0 Å². The van der Waals surface area contributed by atoms with Gasteiger partial charge in [0.2, 0.25) is 0 Å². The van der Waals surface area contributed by atoms with Gasteiger partial charge >= 0.3 is 75.1 Å². The van der Waals surface area contributed by atoms with Crippen LogP contribution in [0.3, 0.4) is 0 Å². The minimum absolute atomic E-state index is 0.0672. The molecule has 1 atom stereocenters. The molecule has 11 heavy (non-hydrogen) atoms. The zero-order valence-corrected chi connectivity index (χ0v) is 8.84. The Bertz CT molecular complexity index is 154. The molecule has 0 saturated carbocycles. The van der Waals surface area contributed by atoms with Crippen LogP contribution in [0, 0.1) is 5.92 Å². The first-order valence-electron chi connectivity index (χ1n) is 3.74. The molecule has 0 aromatic rings. The van der Waals surface area contributed by atoms with E-state index in [0.29, 0.717) is 18.2 Å². The molecule has 0 aromatic carbocycles. The molecule has 0 spiro atoms. The second kappa shape index (κ2) is 5.50. The summed E-state index contributed by atoms with van der Waals surface area (Å²) in [6.07, 6.45) is 0.956. The van der Waals surface area contributed by atoms with Crippen LogP contribution < -0.4 is 0 Å². The molecule has 0 saturated heterocycles. The third-order valence-electron chi connectivity index (χ3n) is 1.66. The fraction of sp³-hybridized carbons (Fsp3) is 0.750. The minimum atomic E-state index is -0.0672. The van der Waals surface area contributed by atoms with Crippen molar-refractivity contribution in [1.29, 1.82) is 0 Å². The molecule has 0 aliphatic carbocycles. The van der Waals surface area contributed by atoms with Gasteiger partial charge in [-0.2, -0.15) is 0 Å². The van der Waals surface area contributed by atoms with E-state index in [9.17, 15) is 9.59 Å². The van der Waals surface area contributed by atoms with E-state index in [-0.39, 0.29) is 17.5 Å². The summed E-state index contributed by atoms with van der Waals surface area (Å²) in [6.45, 7) is 3.37. The zero-order valence-electron chi connectivity index (χ0n) is 6.96. The molecule has 3 heteroatoms. The Hall–Kier alpha value is -0.141. The predicted molar refractivity (Wildman–Crippen MR) is 46.0 cm³/mol. The van der Waals surface area contributed by atoms with Gasteiger partial charge in [0, 0.05) is 0 Å². The molecule has 64 valence electrons. The van der Waals surface area contributed by atoms with Gasteiger partial charge in [0.15, 0.2) is 0 Å². The van der Waals surface area contributed by atoms with E-state index >= 15 is 0 Å². The zero-order chi connectivity index (χ0) is 8.85. The third-order valence-corrected chi connectivity index (χ3v) is 2.59. The first-order chi connectivity index (χ1) is 5.11. The molecule has 0 aliphatic heterocycles. The number of hydrogen-bond donors (Lipinski definition) is 0. The Morgan fingerprint density at radius 2 is 2.00 bits per heavy atom. The number of carbonyl (C=O) groups is 2. The monoisotopic (exact) mass is 222 g/mol. The summed E-state index contributed by atoms with van der Waals surface area (Å²) in [7, 11) is 0. The normalized spacial score (nSPS) is 12.6. The van der Waals surface area contributed by atoms with E-state index < -0.39 is 0 Å². The van der Waals surface area contributed by atoms with Crippen LogP contribution in [-0.2, 0) is 9.59 Å². The van der Waals surface area contributed by atoms with Crippen LogP contribution in [-0.4, -0.2) is 27.6 Å². The van der Waals surface area contributed by atoms with Crippen molar-refractivity contribution in [3.63, 3.8) is 0 Å². The van der Waals surface area contributed by atoms with E-state index in [4.69, 9.17) is 0 Å². The number of ketones is 2. The molecular weight excluding hydrogens is 207 g/mol. The molecule has 0 rings (SSSR count). The van der Waals surface area contributed by atoms with Crippen molar-refractivity contribution in [2.45, 2.75) is 32.0 Å². The molecule has 0 aliphatic rings. The van der Waals surface area contributed by atoms with E-state index in [2.05, 4.69) is 16.0 Å². The summed E-state index contributed by atoms with van der Waals surface area (Å²) in [5, 5.41) is 0.716. The molecule has 0 radical (unpaired) electrons. The van der Waals surface area contributed by atoms with Gasteiger partial charge in [0.25, 0.3) is 0 Å². The summed E-state index contributed by atoms with van der Waals surface area (Å²) in [5.41, 5.74) is 0. The van der Waals surface area contributed by atoms with E-state index in [1.807, 2.05) is 6.92 Å². The van der Waals surface area contributed by atoms with E-state index in [1.165, 1.54) is 0 Å². The van der Waals surface area contributed by atoms with Crippen molar-refractivity contribution in [1.82, 2.24) is 0 Å². The molecule has 0 aromatic heterocycles. The first kappa shape index (κ1) is 10.9. The molecule has 1 unspecified atom stereocenters. The first-order valence-corrected chi connectivity index (χ1v) is 5.07. The van der Waals surface area contributed by atoms with Gasteiger partial charge in [-0.25, -0.2) is 0 Å². The van der Waals surface area contributed by atoms with Crippen molar-refractivity contribution in [2.75, 3.05) is 0 Å². The predicted octanol–water partition coefficient (Wildman–Crippen LogP) is 0.880. The molecule has 2 nitrogen and oxygen atoms in total. The Morgan fingerprint density at radius 3 is 2.27 bits per heavy atom.